The number of oxazole rings is 1. The van der Waals surface area contributed by atoms with E-state index in [0.717, 1.165) is 55.8 Å². The van der Waals surface area contributed by atoms with Gasteiger partial charge in [-0.25, -0.2) is 15.0 Å². The predicted octanol–water partition coefficient (Wildman–Crippen LogP) is 3.33. The molecule has 7 nitrogen and oxygen atoms in total. The van der Waals surface area contributed by atoms with Crippen molar-refractivity contribution in [1.29, 1.82) is 0 Å². The summed E-state index contributed by atoms with van der Waals surface area (Å²) < 4.78 is 5.66. The minimum atomic E-state index is 0.484. The second kappa shape index (κ2) is 9.43. The van der Waals surface area contributed by atoms with Crippen LogP contribution in [-0.2, 0) is 6.54 Å². The molecule has 0 atom stereocenters. The summed E-state index contributed by atoms with van der Waals surface area (Å²) in [5.74, 6) is 2.58. The molecule has 0 saturated carbocycles. The zero-order chi connectivity index (χ0) is 20.8. The number of pyridine rings is 1. The molecular formula is C23H28N6O. The molecule has 1 aromatic carbocycles. The Hall–Kier alpha value is -3.35. The smallest absolute Gasteiger partial charge is 0.226 e. The van der Waals surface area contributed by atoms with E-state index in [1.807, 2.05) is 30.5 Å². The molecule has 0 bridgehead atoms. The Bertz CT molecular complexity index is 959. The average molecular weight is 405 g/mol. The lowest BCUT2D eigenvalue weighted by molar-refractivity contribution is 0.371. The number of hydrogen-bond acceptors (Lipinski definition) is 5. The van der Waals surface area contributed by atoms with Crippen LogP contribution in [0.1, 0.15) is 18.2 Å². The van der Waals surface area contributed by atoms with Crippen LogP contribution in [0.2, 0.25) is 0 Å². The third-order valence-electron chi connectivity index (χ3n) is 5.13. The van der Waals surface area contributed by atoms with Crippen molar-refractivity contribution in [2.24, 2.45) is 4.99 Å². The highest BCUT2D eigenvalue weighted by Crippen LogP contribution is 2.19. The topological polar surface area (TPSA) is 69.8 Å². The maximum Gasteiger partial charge on any atom is 0.226 e. The van der Waals surface area contributed by atoms with Gasteiger partial charge >= 0.3 is 0 Å². The first-order valence-electron chi connectivity index (χ1n) is 10.4. The van der Waals surface area contributed by atoms with Gasteiger partial charge in [0.1, 0.15) is 17.8 Å². The first-order valence-corrected chi connectivity index (χ1v) is 10.4. The van der Waals surface area contributed by atoms with Gasteiger partial charge < -0.3 is 19.5 Å². The quantitative estimate of drug-likeness (QED) is 0.520. The van der Waals surface area contributed by atoms with Crippen molar-refractivity contribution in [3.63, 3.8) is 0 Å². The molecule has 1 aliphatic rings. The molecule has 0 spiro atoms. The van der Waals surface area contributed by atoms with Crippen LogP contribution in [0.4, 0.5) is 5.82 Å². The highest BCUT2D eigenvalue weighted by Gasteiger charge is 2.20. The SMILES string of the molecule is CCNC(=NCc1coc(-c2ccc(C)cc2)n1)N1CCN(c2ccccn2)CC1. The largest absolute Gasteiger partial charge is 0.444 e. The molecule has 156 valence electrons. The van der Waals surface area contributed by atoms with Crippen LogP contribution in [-0.4, -0.2) is 53.6 Å². The lowest BCUT2D eigenvalue weighted by Crippen LogP contribution is -2.52. The van der Waals surface area contributed by atoms with Crippen molar-refractivity contribution in [2.75, 3.05) is 37.6 Å². The Balaban J connectivity index is 1.39. The number of piperazine rings is 1. The summed E-state index contributed by atoms with van der Waals surface area (Å²) in [7, 11) is 0. The standard InChI is InChI=1S/C23H28N6O/c1-3-24-23(29-14-12-28(13-15-29)21-6-4-5-11-25-21)26-16-20-17-30-22(27-20)19-9-7-18(2)8-10-19/h4-11,17H,3,12-16H2,1-2H3,(H,24,26). The zero-order valence-electron chi connectivity index (χ0n) is 17.6. The van der Waals surface area contributed by atoms with Gasteiger partial charge in [-0.2, -0.15) is 0 Å². The summed E-state index contributed by atoms with van der Waals surface area (Å²) in [4.78, 5) is 18.5. The molecule has 30 heavy (non-hydrogen) atoms. The molecule has 1 aliphatic heterocycles. The van der Waals surface area contributed by atoms with E-state index < -0.39 is 0 Å². The maximum atomic E-state index is 5.66. The van der Waals surface area contributed by atoms with E-state index in [0.29, 0.717) is 12.4 Å². The highest BCUT2D eigenvalue weighted by molar-refractivity contribution is 5.80. The number of nitrogens with one attached hydrogen (secondary N) is 1. The molecule has 7 heteroatoms. The number of guanidine groups is 1. The van der Waals surface area contributed by atoms with Crippen LogP contribution in [0.5, 0.6) is 0 Å². The van der Waals surface area contributed by atoms with Crippen molar-refractivity contribution in [2.45, 2.75) is 20.4 Å². The molecule has 1 N–H and O–H groups in total. The fraction of sp³-hybridized carbons (Fsp3) is 0.348. The van der Waals surface area contributed by atoms with Gasteiger partial charge in [0.25, 0.3) is 0 Å². The Kier molecular flexibility index (Phi) is 6.27. The van der Waals surface area contributed by atoms with Crippen LogP contribution in [0.25, 0.3) is 11.5 Å². The number of nitrogens with zero attached hydrogens (tertiary/aromatic N) is 5. The Morgan fingerprint density at radius 1 is 1.10 bits per heavy atom. The number of benzene rings is 1. The van der Waals surface area contributed by atoms with Crippen LogP contribution >= 0.6 is 0 Å². The van der Waals surface area contributed by atoms with Gasteiger partial charge in [0.2, 0.25) is 5.89 Å². The summed E-state index contributed by atoms with van der Waals surface area (Å²) in [6, 6.07) is 14.2. The third kappa shape index (κ3) is 4.79. The fourth-order valence-electron chi connectivity index (χ4n) is 3.48. The Labute approximate surface area is 177 Å². The van der Waals surface area contributed by atoms with Gasteiger partial charge in [-0.15, -0.1) is 0 Å². The summed E-state index contributed by atoms with van der Waals surface area (Å²) >= 11 is 0. The van der Waals surface area contributed by atoms with Gasteiger partial charge in [0.15, 0.2) is 5.96 Å². The van der Waals surface area contributed by atoms with E-state index >= 15 is 0 Å². The summed E-state index contributed by atoms with van der Waals surface area (Å²) in [5, 5.41) is 3.41. The molecule has 3 aromatic rings. The first-order chi connectivity index (χ1) is 14.7. The van der Waals surface area contributed by atoms with Crippen molar-refractivity contribution < 1.29 is 4.42 Å². The molecule has 2 aromatic heterocycles. The number of rotatable bonds is 5. The molecule has 0 radical (unpaired) electrons. The Morgan fingerprint density at radius 2 is 1.90 bits per heavy atom. The highest BCUT2D eigenvalue weighted by atomic mass is 16.3. The van der Waals surface area contributed by atoms with E-state index in [1.54, 1.807) is 6.26 Å². The normalized spacial score (nSPS) is 14.8. The minimum Gasteiger partial charge on any atom is -0.444 e. The van der Waals surface area contributed by atoms with E-state index in [4.69, 9.17) is 9.41 Å². The van der Waals surface area contributed by atoms with E-state index in [9.17, 15) is 0 Å². The lowest BCUT2D eigenvalue weighted by Gasteiger charge is -2.37. The molecule has 1 saturated heterocycles. The van der Waals surface area contributed by atoms with Crippen LogP contribution in [0, 0.1) is 6.92 Å². The maximum absolute atomic E-state index is 5.66. The summed E-state index contributed by atoms with van der Waals surface area (Å²) in [6.45, 7) is 9.10. The summed E-state index contributed by atoms with van der Waals surface area (Å²) in [6.07, 6.45) is 3.54. The number of aliphatic imine (C=N–C) groups is 1. The second-order valence-electron chi connectivity index (χ2n) is 7.34. The fourth-order valence-corrected chi connectivity index (χ4v) is 3.48. The molecule has 0 aliphatic carbocycles. The molecule has 1 fully saturated rings. The van der Waals surface area contributed by atoms with Crippen molar-refractivity contribution in [3.8, 4) is 11.5 Å². The van der Waals surface area contributed by atoms with Gasteiger partial charge in [-0.05, 0) is 38.1 Å². The average Bonchev–Trinajstić information content (AvgIpc) is 3.27. The first kappa shape index (κ1) is 19.9. The number of aromatic nitrogens is 2. The van der Waals surface area contributed by atoms with Gasteiger partial charge in [0, 0.05) is 44.5 Å². The van der Waals surface area contributed by atoms with Crippen LogP contribution < -0.4 is 10.2 Å². The lowest BCUT2D eigenvalue weighted by atomic mass is 10.1. The number of hydrogen-bond donors (Lipinski definition) is 1. The van der Waals surface area contributed by atoms with Crippen molar-refractivity contribution in [3.05, 3.63) is 66.2 Å². The van der Waals surface area contributed by atoms with Gasteiger partial charge in [-0.3, -0.25) is 0 Å². The Morgan fingerprint density at radius 3 is 2.60 bits per heavy atom. The molecule has 0 unspecified atom stereocenters. The van der Waals surface area contributed by atoms with Gasteiger partial charge in [0.05, 0.1) is 6.54 Å². The molecule has 0 amide bonds. The van der Waals surface area contributed by atoms with Crippen molar-refractivity contribution >= 4 is 11.8 Å². The van der Waals surface area contributed by atoms with Crippen LogP contribution in [0.15, 0.2) is 64.3 Å². The summed E-state index contributed by atoms with van der Waals surface area (Å²) in [5.41, 5.74) is 3.02. The van der Waals surface area contributed by atoms with Gasteiger partial charge in [-0.1, -0.05) is 23.8 Å². The molecule has 3 heterocycles. The molecule has 4 rings (SSSR count). The number of anilines is 1. The molecular weight excluding hydrogens is 376 g/mol. The van der Waals surface area contributed by atoms with E-state index in [1.165, 1.54) is 5.56 Å². The number of aryl methyl sites for hydroxylation is 1. The predicted molar refractivity (Wildman–Crippen MR) is 120 cm³/mol. The van der Waals surface area contributed by atoms with E-state index in [2.05, 4.69) is 57.1 Å². The van der Waals surface area contributed by atoms with Crippen LogP contribution in [0.3, 0.4) is 0 Å². The second-order valence-corrected chi connectivity index (χ2v) is 7.34. The van der Waals surface area contributed by atoms with Crippen molar-refractivity contribution in [1.82, 2.24) is 20.2 Å². The monoisotopic (exact) mass is 404 g/mol. The van der Waals surface area contributed by atoms with E-state index in [-0.39, 0.29) is 0 Å². The minimum absolute atomic E-state index is 0.484. The zero-order valence-corrected chi connectivity index (χ0v) is 17.6. The third-order valence-corrected chi connectivity index (χ3v) is 5.13.